The third-order valence-electron chi connectivity index (χ3n) is 6.08. The Bertz CT molecular complexity index is 1040. The molecule has 0 aliphatic carbocycles. The fraction of sp³-hybridized carbons (Fsp3) is 0.400. The molecule has 2 aliphatic heterocycles. The minimum absolute atomic E-state index is 0.0404. The lowest BCUT2D eigenvalue weighted by atomic mass is 10.0. The Hall–Kier alpha value is -3.39. The molecule has 4 rings (SSSR count). The Morgan fingerprint density at radius 3 is 2.91 bits per heavy atom. The number of likely N-dealkylation sites (tertiary alicyclic amines) is 1. The molecule has 3 amide bonds. The van der Waals surface area contributed by atoms with Crippen LogP contribution < -0.4 is 21.1 Å². The number of hydrogen-bond donors (Lipinski definition) is 3. The van der Waals surface area contributed by atoms with E-state index in [9.17, 15) is 14.4 Å². The van der Waals surface area contributed by atoms with Crippen LogP contribution in [0, 0.1) is 0 Å². The number of carbonyl (C=O) groups excluding carboxylic acids is 3. The summed E-state index contributed by atoms with van der Waals surface area (Å²) in [5.74, 6) is 0.439. The smallest absolute Gasteiger partial charge is 0.234 e. The SMILES string of the molecule is NC(=O)C1CCCN1Cc1cccc(NC(=O)CCCOc2ccc3c(c2)CCC(=O)N3)c1. The van der Waals surface area contributed by atoms with Gasteiger partial charge in [-0.05, 0) is 73.7 Å². The topological polar surface area (TPSA) is 114 Å². The number of aryl methyl sites for hydroxylation is 1. The molecular weight excluding hydrogens is 420 g/mol. The van der Waals surface area contributed by atoms with Gasteiger partial charge in [0.1, 0.15) is 5.75 Å². The van der Waals surface area contributed by atoms with Gasteiger partial charge in [-0.15, -0.1) is 0 Å². The van der Waals surface area contributed by atoms with Gasteiger partial charge in [0.25, 0.3) is 0 Å². The summed E-state index contributed by atoms with van der Waals surface area (Å²) >= 11 is 0. The molecule has 0 spiro atoms. The lowest BCUT2D eigenvalue weighted by molar-refractivity contribution is -0.122. The first kappa shape index (κ1) is 22.8. The van der Waals surface area contributed by atoms with Gasteiger partial charge in [0.15, 0.2) is 0 Å². The van der Waals surface area contributed by atoms with Crippen molar-refractivity contribution in [1.82, 2.24) is 4.90 Å². The molecule has 0 bridgehead atoms. The zero-order valence-corrected chi connectivity index (χ0v) is 18.6. The fourth-order valence-corrected chi connectivity index (χ4v) is 4.42. The van der Waals surface area contributed by atoms with Crippen LogP contribution in [0.1, 0.15) is 43.2 Å². The molecule has 1 atom stereocenters. The quantitative estimate of drug-likeness (QED) is 0.509. The van der Waals surface area contributed by atoms with Crippen molar-refractivity contribution in [3.8, 4) is 5.75 Å². The Morgan fingerprint density at radius 2 is 2.06 bits per heavy atom. The number of hydrogen-bond acceptors (Lipinski definition) is 5. The second kappa shape index (κ2) is 10.5. The van der Waals surface area contributed by atoms with Gasteiger partial charge < -0.3 is 21.1 Å². The predicted octanol–water partition coefficient (Wildman–Crippen LogP) is 2.82. The molecule has 2 heterocycles. The second-order valence-electron chi connectivity index (χ2n) is 8.60. The first-order valence-corrected chi connectivity index (χ1v) is 11.5. The molecule has 8 nitrogen and oxygen atoms in total. The molecule has 174 valence electrons. The van der Waals surface area contributed by atoms with Crippen LogP contribution in [-0.4, -0.2) is 41.8 Å². The summed E-state index contributed by atoms with van der Waals surface area (Å²) in [6.07, 6.45) is 3.90. The molecule has 1 fully saturated rings. The number of primary amides is 1. The maximum absolute atomic E-state index is 12.4. The van der Waals surface area contributed by atoms with Gasteiger partial charge in [0.05, 0.1) is 12.6 Å². The van der Waals surface area contributed by atoms with Crippen molar-refractivity contribution in [3.63, 3.8) is 0 Å². The van der Waals surface area contributed by atoms with E-state index in [0.29, 0.717) is 38.8 Å². The van der Waals surface area contributed by atoms with Crippen molar-refractivity contribution >= 4 is 29.1 Å². The summed E-state index contributed by atoms with van der Waals surface area (Å²) in [4.78, 5) is 37.5. The third kappa shape index (κ3) is 6.10. The second-order valence-corrected chi connectivity index (χ2v) is 8.60. The normalized spacial score (nSPS) is 17.8. The van der Waals surface area contributed by atoms with Crippen LogP contribution >= 0.6 is 0 Å². The highest BCUT2D eigenvalue weighted by atomic mass is 16.5. The number of ether oxygens (including phenoxy) is 1. The standard InChI is InChI=1S/C25H30N4O4/c26-25(32)22-6-2-12-29(22)16-17-4-1-5-19(14-17)27-23(30)7-3-13-33-20-9-10-21-18(15-20)8-11-24(31)28-21/h1,4-5,9-10,14-15,22H,2-3,6-8,11-13,16H2,(H2,26,32)(H,27,30)(H,28,31). The summed E-state index contributed by atoms with van der Waals surface area (Å²) in [6.45, 7) is 1.92. The van der Waals surface area contributed by atoms with Crippen LogP contribution in [0.3, 0.4) is 0 Å². The lowest BCUT2D eigenvalue weighted by Gasteiger charge is -2.22. The molecule has 1 unspecified atom stereocenters. The molecule has 4 N–H and O–H groups in total. The number of rotatable bonds is 9. The van der Waals surface area contributed by atoms with Crippen LogP contribution in [0.15, 0.2) is 42.5 Å². The summed E-state index contributed by atoms with van der Waals surface area (Å²) < 4.78 is 5.79. The van der Waals surface area contributed by atoms with Gasteiger partial charge in [-0.1, -0.05) is 12.1 Å². The van der Waals surface area contributed by atoms with E-state index in [-0.39, 0.29) is 23.8 Å². The Morgan fingerprint density at radius 1 is 1.18 bits per heavy atom. The molecule has 0 aromatic heterocycles. The van der Waals surface area contributed by atoms with E-state index < -0.39 is 0 Å². The van der Waals surface area contributed by atoms with Crippen LogP contribution in [0.5, 0.6) is 5.75 Å². The molecule has 2 aromatic rings. The molecule has 2 aromatic carbocycles. The zero-order valence-electron chi connectivity index (χ0n) is 18.6. The first-order chi connectivity index (χ1) is 16.0. The van der Waals surface area contributed by atoms with Crippen LogP contribution in [0.25, 0.3) is 0 Å². The van der Waals surface area contributed by atoms with Gasteiger partial charge in [-0.2, -0.15) is 0 Å². The number of amides is 3. The van der Waals surface area contributed by atoms with Gasteiger partial charge >= 0.3 is 0 Å². The van der Waals surface area contributed by atoms with Crippen molar-refractivity contribution in [2.24, 2.45) is 5.73 Å². The van der Waals surface area contributed by atoms with Crippen molar-refractivity contribution in [2.75, 3.05) is 23.8 Å². The summed E-state index contributed by atoms with van der Waals surface area (Å²) in [5, 5.41) is 5.79. The van der Waals surface area contributed by atoms with Crippen LogP contribution in [-0.2, 0) is 27.3 Å². The van der Waals surface area contributed by atoms with Gasteiger partial charge in [-0.3, -0.25) is 19.3 Å². The Labute approximate surface area is 193 Å². The number of nitrogens with one attached hydrogen (secondary N) is 2. The van der Waals surface area contributed by atoms with E-state index in [1.165, 1.54) is 0 Å². The number of fused-ring (bicyclic) bond motifs is 1. The van der Waals surface area contributed by atoms with Gasteiger partial charge in [0.2, 0.25) is 17.7 Å². The molecular formula is C25H30N4O4. The number of benzene rings is 2. The van der Waals surface area contributed by atoms with Crippen molar-refractivity contribution in [1.29, 1.82) is 0 Å². The zero-order chi connectivity index (χ0) is 23.2. The van der Waals surface area contributed by atoms with E-state index in [1.807, 2.05) is 42.5 Å². The monoisotopic (exact) mass is 450 g/mol. The van der Waals surface area contributed by atoms with Crippen LogP contribution in [0.4, 0.5) is 11.4 Å². The predicted molar refractivity (Wildman–Crippen MR) is 126 cm³/mol. The lowest BCUT2D eigenvalue weighted by Crippen LogP contribution is -2.39. The van der Waals surface area contributed by atoms with E-state index in [0.717, 1.165) is 47.6 Å². The number of nitrogens with zero attached hydrogens (tertiary/aromatic N) is 1. The van der Waals surface area contributed by atoms with Crippen molar-refractivity contribution in [2.45, 2.75) is 51.1 Å². The highest BCUT2D eigenvalue weighted by Crippen LogP contribution is 2.27. The highest BCUT2D eigenvalue weighted by Gasteiger charge is 2.28. The molecule has 33 heavy (non-hydrogen) atoms. The number of carbonyl (C=O) groups is 3. The van der Waals surface area contributed by atoms with E-state index >= 15 is 0 Å². The minimum atomic E-state index is -0.277. The van der Waals surface area contributed by atoms with Crippen LogP contribution in [0.2, 0.25) is 0 Å². The van der Waals surface area contributed by atoms with Crippen molar-refractivity contribution in [3.05, 3.63) is 53.6 Å². The average molecular weight is 451 g/mol. The van der Waals surface area contributed by atoms with Crippen molar-refractivity contribution < 1.29 is 19.1 Å². The molecule has 0 radical (unpaired) electrons. The van der Waals surface area contributed by atoms with Gasteiger partial charge in [0, 0.05) is 30.8 Å². The van der Waals surface area contributed by atoms with E-state index in [2.05, 4.69) is 15.5 Å². The first-order valence-electron chi connectivity index (χ1n) is 11.5. The van der Waals surface area contributed by atoms with E-state index in [1.54, 1.807) is 0 Å². The maximum atomic E-state index is 12.4. The van der Waals surface area contributed by atoms with Gasteiger partial charge in [-0.25, -0.2) is 0 Å². The summed E-state index contributed by atoms with van der Waals surface area (Å²) in [6, 6.07) is 13.1. The average Bonchev–Trinajstić information content (AvgIpc) is 3.25. The highest BCUT2D eigenvalue weighted by molar-refractivity contribution is 5.94. The van der Waals surface area contributed by atoms with E-state index in [4.69, 9.17) is 10.5 Å². The molecule has 1 saturated heterocycles. The molecule has 0 saturated carbocycles. The molecule has 2 aliphatic rings. The Balaban J connectivity index is 1.21. The minimum Gasteiger partial charge on any atom is -0.494 e. The Kier molecular flexibility index (Phi) is 7.24. The fourth-order valence-electron chi connectivity index (χ4n) is 4.42. The summed E-state index contributed by atoms with van der Waals surface area (Å²) in [5.41, 5.74) is 9.19. The number of anilines is 2. The number of nitrogens with two attached hydrogens (primary N) is 1. The third-order valence-corrected chi connectivity index (χ3v) is 6.08. The summed E-state index contributed by atoms with van der Waals surface area (Å²) in [7, 11) is 0. The molecule has 8 heteroatoms. The maximum Gasteiger partial charge on any atom is 0.234 e. The largest absolute Gasteiger partial charge is 0.494 e.